The van der Waals surface area contributed by atoms with E-state index < -0.39 is 0 Å². The average molecular weight is 195 g/mol. The van der Waals surface area contributed by atoms with Crippen LogP contribution in [0.3, 0.4) is 0 Å². The molecule has 0 saturated carbocycles. The van der Waals surface area contributed by atoms with E-state index in [-0.39, 0.29) is 12.4 Å². The van der Waals surface area contributed by atoms with Crippen molar-refractivity contribution < 1.29 is 9.50 Å². The van der Waals surface area contributed by atoms with Crippen LogP contribution in [0.2, 0.25) is 0 Å². The molecule has 1 aromatic carbocycles. The minimum absolute atomic E-state index is 0.230. The Bertz CT molecular complexity index is 321. The Labute approximate surface area is 82.8 Å². The van der Waals surface area contributed by atoms with Crippen molar-refractivity contribution in [3.63, 3.8) is 0 Å². The zero-order valence-electron chi connectivity index (χ0n) is 7.96. The lowest BCUT2D eigenvalue weighted by Gasteiger charge is -2.11. The average Bonchev–Trinajstić information content (AvgIpc) is 2.71. The first-order valence-corrected chi connectivity index (χ1v) is 4.94. The van der Waals surface area contributed by atoms with Crippen molar-refractivity contribution in [3.05, 3.63) is 35.1 Å². The van der Waals surface area contributed by atoms with Crippen molar-refractivity contribution >= 4 is 0 Å². The van der Waals surface area contributed by atoms with Gasteiger partial charge in [0.05, 0.1) is 6.61 Å². The van der Waals surface area contributed by atoms with Crippen molar-refractivity contribution in [1.29, 1.82) is 0 Å². The Morgan fingerprint density at radius 3 is 3.00 bits per heavy atom. The molecule has 0 aromatic heterocycles. The number of nitrogens with one attached hydrogen (secondary N) is 1. The maximum absolute atomic E-state index is 13.1. The van der Waals surface area contributed by atoms with E-state index in [1.807, 2.05) is 0 Å². The second-order valence-electron chi connectivity index (χ2n) is 3.66. The van der Waals surface area contributed by atoms with Crippen molar-refractivity contribution in [1.82, 2.24) is 5.32 Å². The molecule has 1 aromatic rings. The molecule has 1 atom stereocenters. The summed E-state index contributed by atoms with van der Waals surface area (Å²) in [5.41, 5.74) is 1.46. The second-order valence-corrected chi connectivity index (χ2v) is 3.66. The molecule has 14 heavy (non-hydrogen) atoms. The SMILES string of the molecule is OCc1cc([C@H]2CCCN2)ccc1F. The van der Waals surface area contributed by atoms with Gasteiger partial charge in [0.1, 0.15) is 5.82 Å². The molecule has 1 aliphatic heterocycles. The lowest BCUT2D eigenvalue weighted by atomic mass is 10.0. The molecular formula is C11H14FNO. The van der Waals surface area contributed by atoms with Gasteiger partial charge in [0.2, 0.25) is 0 Å². The van der Waals surface area contributed by atoms with Crippen LogP contribution in [0, 0.1) is 5.82 Å². The molecule has 0 aliphatic carbocycles. The summed E-state index contributed by atoms with van der Waals surface area (Å²) in [6, 6.07) is 5.30. The van der Waals surface area contributed by atoms with Crippen LogP contribution < -0.4 is 5.32 Å². The first kappa shape index (κ1) is 9.62. The molecule has 0 bridgehead atoms. The van der Waals surface area contributed by atoms with Crippen LogP contribution in [0.5, 0.6) is 0 Å². The molecule has 76 valence electrons. The lowest BCUT2D eigenvalue weighted by molar-refractivity contribution is 0.275. The number of aliphatic hydroxyl groups excluding tert-OH is 1. The molecule has 1 saturated heterocycles. The third-order valence-corrected chi connectivity index (χ3v) is 2.70. The van der Waals surface area contributed by atoms with Gasteiger partial charge in [0, 0.05) is 11.6 Å². The fourth-order valence-corrected chi connectivity index (χ4v) is 1.90. The molecule has 0 spiro atoms. The normalized spacial score (nSPS) is 21.4. The number of halogens is 1. The molecule has 2 rings (SSSR count). The van der Waals surface area contributed by atoms with E-state index in [4.69, 9.17) is 5.11 Å². The topological polar surface area (TPSA) is 32.3 Å². The maximum Gasteiger partial charge on any atom is 0.128 e. The monoisotopic (exact) mass is 195 g/mol. The standard InChI is InChI=1S/C11H14FNO/c12-10-4-3-8(6-9(10)7-14)11-2-1-5-13-11/h3-4,6,11,13-14H,1-2,5,7H2/t11-/m1/s1. The maximum atomic E-state index is 13.1. The Kier molecular flexibility index (Phi) is 2.79. The van der Waals surface area contributed by atoms with Gasteiger partial charge in [0.15, 0.2) is 0 Å². The van der Waals surface area contributed by atoms with E-state index in [1.165, 1.54) is 6.07 Å². The minimum atomic E-state index is -0.325. The Morgan fingerprint density at radius 1 is 1.50 bits per heavy atom. The first-order valence-electron chi connectivity index (χ1n) is 4.94. The van der Waals surface area contributed by atoms with Crippen LogP contribution in [-0.2, 0) is 6.61 Å². The van der Waals surface area contributed by atoms with Gasteiger partial charge >= 0.3 is 0 Å². The van der Waals surface area contributed by atoms with Crippen LogP contribution in [0.15, 0.2) is 18.2 Å². The van der Waals surface area contributed by atoms with E-state index in [2.05, 4.69) is 5.32 Å². The van der Waals surface area contributed by atoms with Crippen molar-refractivity contribution in [2.45, 2.75) is 25.5 Å². The summed E-state index contributed by atoms with van der Waals surface area (Å²) < 4.78 is 13.1. The van der Waals surface area contributed by atoms with E-state index in [9.17, 15) is 4.39 Å². The highest BCUT2D eigenvalue weighted by molar-refractivity contribution is 5.27. The molecular weight excluding hydrogens is 181 g/mol. The molecule has 3 heteroatoms. The molecule has 1 aliphatic rings. The minimum Gasteiger partial charge on any atom is -0.392 e. The molecule has 0 unspecified atom stereocenters. The van der Waals surface area contributed by atoms with Crippen LogP contribution in [0.1, 0.15) is 30.0 Å². The van der Waals surface area contributed by atoms with E-state index in [0.29, 0.717) is 11.6 Å². The molecule has 1 fully saturated rings. The third kappa shape index (κ3) is 1.79. The van der Waals surface area contributed by atoms with Gasteiger partial charge in [-0.15, -0.1) is 0 Å². The Balaban J connectivity index is 2.25. The predicted molar refractivity (Wildman–Crippen MR) is 52.3 cm³/mol. The van der Waals surface area contributed by atoms with E-state index in [1.54, 1.807) is 12.1 Å². The Morgan fingerprint density at radius 2 is 2.36 bits per heavy atom. The number of hydrogen-bond donors (Lipinski definition) is 2. The van der Waals surface area contributed by atoms with Gasteiger partial charge in [-0.05, 0) is 37.1 Å². The summed E-state index contributed by atoms with van der Waals surface area (Å²) in [6.45, 7) is 0.795. The first-order chi connectivity index (χ1) is 6.81. The summed E-state index contributed by atoms with van der Waals surface area (Å²) in [5.74, 6) is -0.325. The van der Waals surface area contributed by atoms with Gasteiger partial charge in [-0.25, -0.2) is 4.39 Å². The number of hydrogen-bond acceptors (Lipinski definition) is 2. The predicted octanol–water partition coefficient (Wildman–Crippen LogP) is 1.74. The zero-order chi connectivity index (χ0) is 9.97. The van der Waals surface area contributed by atoms with Gasteiger partial charge in [-0.3, -0.25) is 0 Å². The highest BCUT2D eigenvalue weighted by atomic mass is 19.1. The third-order valence-electron chi connectivity index (χ3n) is 2.70. The van der Waals surface area contributed by atoms with Crippen LogP contribution in [0.25, 0.3) is 0 Å². The highest BCUT2D eigenvalue weighted by Crippen LogP contribution is 2.24. The summed E-state index contributed by atoms with van der Waals surface area (Å²) >= 11 is 0. The number of benzene rings is 1. The molecule has 1 heterocycles. The zero-order valence-corrected chi connectivity index (χ0v) is 7.96. The fourth-order valence-electron chi connectivity index (χ4n) is 1.90. The van der Waals surface area contributed by atoms with Crippen molar-refractivity contribution in [3.8, 4) is 0 Å². The summed E-state index contributed by atoms with van der Waals surface area (Å²) in [5, 5.41) is 12.3. The quantitative estimate of drug-likeness (QED) is 0.753. The lowest BCUT2D eigenvalue weighted by Crippen LogP contribution is -2.13. The molecule has 0 amide bonds. The highest BCUT2D eigenvalue weighted by Gasteiger charge is 2.16. The summed E-state index contributed by atoms with van der Waals surface area (Å²) in [6.07, 6.45) is 2.26. The van der Waals surface area contributed by atoms with Crippen LogP contribution in [0.4, 0.5) is 4.39 Å². The summed E-state index contributed by atoms with van der Waals surface area (Å²) in [7, 11) is 0. The van der Waals surface area contributed by atoms with Gasteiger partial charge in [0.25, 0.3) is 0 Å². The summed E-state index contributed by atoms with van der Waals surface area (Å²) in [4.78, 5) is 0. The largest absolute Gasteiger partial charge is 0.392 e. The van der Waals surface area contributed by atoms with E-state index in [0.717, 1.165) is 24.9 Å². The number of aliphatic hydroxyl groups is 1. The van der Waals surface area contributed by atoms with Crippen molar-refractivity contribution in [2.75, 3.05) is 6.54 Å². The van der Waals surface area contributed by atoms with Crippen molar-refractivity contribution in [2.24, 2.45) is 0 Å². The van der Waals surface area contributed by atoms with Gasteiger partial charge in [-0.1, -0.05) is 6.07 Å². The van der Waals surface area contributed by atoms with Gasteiger partial charge < -0.3 is 10.4 Å². The fraction of sp³-hybridized carbons (Fsp3) is 0.455. The Hall–Kier alpha value is -0.930. The molecule has 2 nitrogen and oxygen atoms in total. The van der Waals surface area contributed by atoms with E-state index >= 15 is 0 Å². The second kappa shape index (κ2) is 4.07. The van der Waals surface area contributed by atoms with Gasteiger partial charge in [-0.2, -0.15) is 0 Å². The van der Waals surface area contributed by atoms with Crippen LogP contribution in [-0.4, -0.2) is 11.7 Å². The molecule has 0 radical (unpaired) electrons. The molecule has 2 N–H and O–H groups in total. The van der Waals surface area contributed by atoms with Crippen LogP contribution >= 0.6 is 0 Å². The smallest absolute Gasteiger partial charge is 0.128 e. The number of rotatable bonds is 2.